The van der Waals surface area contributed by atoms with Crippen molar-refractivity contribution in [2.75, 3.05) is 14.2 Å². The van der Waals surface area contributed by atoms with Crippen molar-refractivity contribution in [3.63, 3.8) is 0 Å². The molecule has 41 heavy (non-hydrogen) atoms. The fourth-order valence-corrected chi connectivity index (χ4v) is 5.77. The highest BCUT2D eigenvalue weighted by Gasteiger charge is 2.42. The van der Waals surface area contributed by atoms with Gasteiger partial charge in [0.1, 0.15) is 0 Å². The second kappa shape index (κ2) is 11.0. The van der Waals surface area contributed by atoms with Crippen LogP contribution in [-0.4, -0.2) is 49.0 Å². The lowest BCUT2D eigenvalue weighted by atomic mass is 9.73. The van der Waals surface area contributed by atoms with E-state index in [1.165, 1.54) is 14.2 Å². The van der Waals surface area contributed by atoms with Gasteiger partial charge in [-0.25, -0.2) is 15.0 Å². The molecule has 8 bridgehead atoms. The Bertz CT molecular complexity index is 1580. The number of allylic oxidation sites excluding steroid dienone is 11. The number of methoxy groups -OCH3 is 2. The molecule has 0 saturated heterocycles. The van der Waals surface area contributed by atoms with Crippen LogP contribution >= 0.6 is 0 Å². The Labute approximate surface area is 241 Å². The molecule has 0 fully saturated rings. The van der Waals surface area contributed by atoms with E-state index in [0.29, 0.717) is 12.8 Å². The fraction of sp³-hybridized carbons (Fsp3) is 0.394. The van der Waals surface area contributed by atoms with Gasteiger partial charge in [0.05, 0.1) is 48.4 Å². The summed E-state index contributed by atoms with van der Waals surface area (Å²) >= 11 is 0. The molecule has 0 unspecified atom stereocenters. The van der Waals surface area contributed by atoms with Gasteiger partial charge in [0, 0.05) is 35.6 Å². The summed E-state index contributed by atoms with van der Waals surface area (Å²) in [5.41, 5.74) is 10.4. The van der Waals surface area contributed by atoms with Crippen molar-refractivity contribution < 1.29 is 19.1 Å². The van der Waals surface area contributed by atoms with Crippen LogP contribution in [0, 0.1) is 11.3 Å². The maximum Gasteiger partial charge on any atom is 0.305 e. The molecule has 8 heteroatoms. The quantitative estimate of drug-likeness (QED) is 0.371. The van der Waals surface area contributed by atoms with E-state index >= 15 is 0 Å². The van der Waals surface area contributed by atoms with Gasteiger partial charge >= 0.3 is 11.9 Å². The molecule has 5 rings (SSSR count). The Morgan fingerprint density at radius 1 is 0.756 bits per heavy atom. The highest BCUT2D eigenvalue weighted by Crippen LogP contribution is 2.46. The standard InChI is InChI=1S/C33H36N4O4/c1-18-12-22-15-27-20(3)23(8-10-31(38)40-6)28(36-27)16-29-24(9-11-32(39)41-7)33(4,5)30(37-29)17-26-19(2)13-21(35-26)14-25(18)34-22/h12-17,24H,8-11H2,1-7H3/t24-/m0/s1. The fourth-order valence-electron chi connectivity index (χ4n) is 5.77. The molecule has 0 aromatic rings. The summed E-state index contributed by atoms with van der Waals surface area (Å²) in [7, 11) is 2.81. The van der Waals surface area contributed by atoms with E-state index in [9.17, 15) is 9.59 Å². The van der Waals surface area contributed by atoms with Crippen molar-refractivity contribution in [2.45, 2.75) is 60.3 Å². The zero-order valence-corrected chi connectivity index (χ0v) is 24.8. The molecule has 0 spiro atoms. The molecule has 5 aliphatic heterocycles. The highest BCUT2D eigenvalue weighted by atomic mass is 16.5. The Balaban J connectivity index is 1.69. The molecule has 0 N–H and O–H groups in total. The van der Waals surface area contributed by atoms with Crippen LogP contribution in [0.4, 0.5) is 0 Å². The van der Waals surface area contributed by atoms with Gasteiger partial charge in [-0.1, -0.05) is 13.8 Å². The molecule has 5 heterocycles. The maximum absolute atomic E-state index is 12.2. The molecule has 8 nitrogen and oxygen atoms in total. The SMILES string of the molecule is COC(=O)CCC1=C(C)C2=NC1=CC1=NC(=CC3=NC(=CC4=NC(=C2)C=C4C)C=C3C)C(C)(C)[C@H]1CCC(=O)OC. The van der Waals surface area contributed by atoms with Gasteiger partial charge in [-0.15, -0.1) is 0 Å². The van der Waals surface area contributed by atoms with Gasteiger partial charge in [0.2, 0.25) is 0 Å². The van der Waals surface area contributed by atoms with E-state index in [4.69, 9.17) is 29.4 Å². The van der Waals surface area contributed by atoms with Crippen LogP contribution in [0.1, 0.15) is 60.3 Å². The topological polar surface area (TPSA) is 102 Å². The number of nitrogens with zero attached hydrogens (tertiary/aromatic N) is 4. The molecule has 0 aromatic carbocycles. The normalized spacial score (nSPS) is 22.5. The summed E-state index contributed by atoms with van der Waals surface area (Å²) in [6, 6.07) is 0. The lowest BCUT2D eigenvalue weighted by Crippen LogP contribution is -2.27. The molecule has 0 amide bonds. The van der Waals surface area contributed by atoms with Crippen molar-refractivity contribution in [3.8, 4) is 0 Å². The van der Waals surface area contributed by atoms with Crippen molar-refractivity contribution >= 4 is 34.8 Å². The molecule has 0 aromatic heterocycles. The van der Waals surface area contributed by atoms with Gasteiger partial charge < -0.3 is 9.47 Å². The minimum atomic E-state index is -0.371. The number of fused-ring (bicyclic) bond motifs is 4. The second-order valence-electron chi connectivity index (χ2n) is 11.4. The highest BCUT2D eigenvalue weighted by molar-refractivity contribution is 6.17. The first kappa shape index (κ1) is 28.3. The predicted molar refractivity (Wildman–Crippen MR) is 162 cm³/mol. The summed E-state index contributed by atoms with van der Waals surface area (Å²) in [5.74, 6) is -0.574. The molecule has 0 saturated carbocycles. The zero-order chi connectivity index (χ0) is 29.5. The lowest BCUT2D eigenvalue weighted by Gasteiger charge is -2.28. The van der Waals surface area contributed by atoms with Crippen LogP contribution in [-0.2, 0) is 19.1 Å². The average molecular weight is 553 g/mol. The molecule has 0 radical (unpaired) electrons. The van der Waals surface area contributed by atoms with E-state index in [-0.39, 0.29) is 36.1 Å². The third-order valence-corrected chi connectivity index (χ3v) is 8.36. The lowest BCUT2D eigenvalue weighted by molar-refractivity contribution is -0.141. The minimum Gasteiger partial charge on any atom is -0.469 e. The monoisotopic (exact) mass is 552 g/mol. The van der Waals surface area contributed by atoms with Gasteiger partial charge in [-0.3, -0.25) is 14.6 Å². The van der Waals surface area contributed by atoms with E-state index in [0.717, 1.165) is 67.9 Å². The minimum absolute atomic E-state index is 0.0516. The molecule has 212 valence electrons. The number of esters is 2. The van der Waals surface area contributed by atoms with Gasteiger partial charge in [-0.05, 0) is 92.4 Å². The second-order valence-corrected chi connectivity index (χ2v) is 11.4. The van der Waals surface area contributed by atoms with Gasteiger partial charge in [0.25, 0.3) is 0 Å². The van der Waals surface area contributed by atoms with Crippen molar-refractivity contribution in [1.29, 1.82) is 0 Å². The largest absolute Gasteiger partial charge is 0.469 e. The Kier molecular flexibility index (Phi) is 7.60. The molecular weight excluding hydrogens is 516 g/mol. The Hall–Kier alpha value is -4.20. The number of carbonyl (C=O) groups excluding carboxylic acids is 2. The van der Waals surface area contributed by atoms with Crippen LogP contribution in [0.2, 0.25) is 0 Å². The van der Waals surface area contributed by atoms with Gasteiger partial charge in [0.15, 0.2) is 0 Å². The predicted octanol–water partition coefficient (Wildman–Crippen LogP) is 6.11. The van der Waals surface area contributed by atoms with Gasteiger partial charge in [-0.2, -0.15) is 0 Å². The van der Waals surface area contributed by atoms with E-state index in [1.54, 1.807) is 0 Å². The number of rotatable bonds is 6. The summed E-state index contributed by atoms with van der Waals surface area (Å²) in [4.78, 5) is 44.2. The Morgan fingerprint density at radius 2 is 1.34 bits per heavy atom. The third-order valence-electron chi connectivity index (χ3n) is 8.36. The average Bonchev–Trinajstić information content (AvgIpc) is 3.60. The summed E-state index contributed by atoms with van der Waals surface area (Å²) in [6.07, 6.45) is 13.8. The first-order chi connectivity index (χ1) is 19.5. The van der Waals surface area contributed by atoms with Crippen molar-refractivity contribution in [1.82, 2.24) is 0 Å². The Morgan fingerprint density at radius 3 is 1.98 bits per heavy atom. The number of carbonyl (C=O) groups is 2. The zero-order valence-electron chi connectivity index (χ0n) is 24.8. The summed E-state index contributed by atoms with van der Waals surface area (Å²) in [6.45, 7) is 10.4. The molecule has 1 atom stereocenters. The first-order valence-electron chi connectivity index (χ1n) is 13.9. The number of hydrogen-bond acceptors (Lipinski definition) is 8. The summed E-state index contributed by atoms with van der Waals surface area (Å²) < 4.78 is 9.88. The van der Waals surface area contributed by atoms with Crippen molar-refractivity contribution in [3.05, 3.63) is 81.5 Å². The van der Waals surface area contributed by atoms with Crippen LogP contribution in [0.25, 0.3) is 0 Å². The van der Waals surface area contributed by atoms with Crippen molar-refractivity contribution in [2.24, 2.45) is 31.3 Å². The third kappa shape index (κ3) is 5.56. The van der Waals surface area contributed by atoms with Crippen LogP contribution in [0.3, 0.4) is 0 Å². The van der Waals surface area contributed by atoms with Crippen LogP contribution < -0.4 is 0 Å². The van der Waals surface area contributed by atoms with Crippen LogP contribution in [0.5, 0.6) is 0 Å². The molecular formula is C33H36N4O4. The molecule has 5 aliphatic rings. The van der Waals surface area contributed by atoms with Crippen LogP contribution in [0.15, 0.2) is 102 Å². The smallest absolute Gasteiger partial charge is 0.305 e. The maximum atomic E-state index is 12.2. The van der Waals surface area contributed by atoms with E-state index in [2.05, 4.69) is 26.0 Å². The van der Waals surface area contributed by atoms with E-state index in [1.807, 2.05) is 45.1 Å². The number of aliphatic imine (C=N–C) groups is 4. The molecule has 0 aliphatic carbocycles. The van der Waals surface area contributed by atoms with E-state index < -0.39 is 0 Å². The summed E-state index contributed by atoms with van der Waals surface area (Å²) in [5, 5.41) is 0. The number of ether oxygens (including phenoxy) is 2. The first-order valence-corrected chi connectivity index (χ1v) is 13.9. The number of hydrogen-bond donors (Lipinski definition) is 0.